The van der Waals surface area contributed by atoms with Gasteiger partial charge in [-0.1, -0.05) is 37.3 Å². The molecule has 1 fully saturated rings. The van der Waals surface area contributed by atoms with Crippen molar-refractivity contribution in [3.8, 4) is 0 Å². The second-order valence-electron chi connectivity index (χ2n) is 6.15. The maximum absolute atomic E-state index is 12.7. The van der Waals surface area contributed by atoms with Crippen LogP contribution in [0.2, 0.25) is 0 Å². The van der Waals surface area contributed by atoms with Crippen LogP contribution in [-0.2, 0) is 10.3 Å². The van der Waals surface area contributed by atoms with Crippen LogP contribution in [0.3, 0.4) is 0 Å². The average Bonchev–Trinajstić information content (AvgIpc) is 3.15. The van der Waals surface area contributed by atoms with Gasteiger partial charge in [-0.3, -0.25) is 0 Å². The molecule has 0 radical (unpaired) electrons. The summed E-state index contributed by atoms with van der Waals surface area (Å²) >= 11 is 1.57. The third-order valence-corrected chi connectivity index (χ3v) is 5.29. The number of carbonyl (C=O) groups is 1. The van der Waals surface area contributed by atoms with E-state index in [1.165, 1.54) is 0 Å². The average molecular weight is 345 g/mol. The molecule has 2 aromatic rings. The Bertz CT molecular complexity index is 662. The molecule has 0 aliphatic carbocycles. The molecule has 128 valence electrons. The van der Waals surface area contributed by atoms with Gasteiger partial charge in [0.15, 0.2) is 0 Å². The summed E-state index contributed by atoms with van der Waals surface area (Å²) < 4.78 is 6.00. The molecule has 2 amide bonds. The highest BCUT2D eigenvalue weighted by Gasteiger charge is 2.36. The molecular weight excluding hydrogens is 322 g/mol. The summed E-state index contributed by atoms with van der Waals surface area (Å²) in [5, 5.41) is 5.99. The third kappa shape index (κ3) is 3.60. The standard InChI is InChI=1S/C18H23N3O2S/c1-3-15(16-19-9-12-24-16)20-17(22)21-10-11-23-18(2,13-21)14-7-5-4-6-8-14/h4-9,12,15H,3,10-11,13H2,1-2H3,(H,20,22). The van der Waals surface area contributed by atoms with Crippen LogP contribution in [0, 0.1) is 0 Å². The molecule has 2 unspecified atom stereocenters. The fraction of sp³-hybridized carbons (Fsp3) is 0.444. The molecule has 0 bridgehead atoms. The Morgan fingerprint density at radius 3 is 2.92 bits per heavy atom. The zero-order valence-corrected chi connectivity index (χ0v) is 14.9. The first-order valence-corrected chi connectivity index (χ1v) is 9.14. The van der Waals surface area contributed by atoms with Crippen LogP contribution < -0.4 is 5.32 Å². The Labute approximate surface area is 146 Å². The molecule has 24 heavy (non-hydrogen) atoms. The number of aromatic nitrogens is 1. The summed E-state index contributed by atoms with van der Waals surface area (Å²) in [6.07, 6.45) is 2.59. The van der Waals surface area contributed by atoms with Gasteiger partial charge in [0.05, 0.1) is 19.2 Å². The summed E-state index contributed by atoms with van der Waals surface area (Å²) in [4.78, 5) is 18.9. The highest BCUT2D eigenvalue weighted by molar-refractivity contribution is 7.09. The van der Waals surface area contributed by atoms with Crippen molar-refractivity contribution in [1.29, 1.82) is 0 Å². The Kier molecular flexibility index (Phi) is 5.16. The largest absolute Gasteiger partial charge is 0.367 e. The molecular formula is C18H23N3O2S. The number of thiazole rings is 1. The first kappa shape index (κ1) is 16.9. The van der Waals surface area contributed by atoms with E-state index >= 15 is 0 Å². The van der Waals surface area contributed by atoms with E-state index in [0.717, 1.165) is 17.0 Å². The van der Waals surface area contributed by atoms with Crippen LogP contribution >= 0.6 is 11.3 Å². The number of hydrogen-bond donors (Lipinski definition) is 1. The van der Waals surface area contributed by atoms with Crippen molar-refractivity contribution in [1.82, 2.24) is 15.2 Å². The predicted molar refractivity (Wildman–Crippen MR) is 95.0 cm³/mol. The van der Waals surface area contributed by atoms with Crippen molar-refractivity contribution < 1.29 is 9.53 Å². The minimum absolute atomic E-state index is 0.0386. The van der Waals surface area contributed by atoms with Gasteiger partial charge in [-0.05, 0) is 18.9 Å². The Morgan fingerprint density at radius 1 is 1.46 bits per heavy atom. The van der Waals surface area contributed by atoms with Gasteiger partial charge in [-0.25, -0.2) is 9.78 Å². The fourth-order valence-electron chi connectivity index (χ4n) is 2.99. The minimum Gasteiger partial charge on any atom is -0.367 e. The van der Waals surface area contributed by atoms with Gasteiger partial charge in [-0.15, -0.1) is 11.3 Å². The second-order valence-corrected chi connectivity index (χ2v) is 7.07. The highest BCUT2D eigenvalue weighted by atomic mass is 32.1. The van der Waals surface area contributed by atoms with Crippen LogP contribution in [0.25, 0.3) is 0 Å². The Balaban J connectivity index is 1.69. The van der Waals surface area contributed by atoms with Gasteiger partial charge in [0, 0.05) is 18.1 Å². The van der Waals surface area contributed by atoms with Crippen molar-refractivity contribution in [2.45, 2.75) is 31.9 Å². The van der Waals surface area contributed by atoms with E-state index in [4.69, 9.17) is 4.74 Å². The van der Waals surface area contributed by atoms with Gasteiger partial charge in [0.1, 0.15) is 10.6 Å². The molecule has 2 heterocycles. The quantitative estimate of drug-likeness (QED) is 0.922. The van der Waals surface area contributed by atoms with E-state index in [-0.39, 0.29) is 12.1 Å². The molecule has 6 heteroatoms. The molecule has 1 N–H and O–H groups in total. The highest BCUT2D eigenvalue weighted by Crippen LogP contribution is 2.29. The molecule has 1 aliphatic heterocycles. The maximum atomic E-state index is 12.7. The molecule has 1 aromatic heterocycles. The Morgan fingerprint density at radius 2 is 2.25 bits per heavy atom. The number of amides is 2. The van der Waals surface area contributed by atoms with Gasteiger partial charge >= 0.3 is 6.03 Å². The molecule has 1 aromatic carbocycles. The summed E-state index contributed by atoms with van der Waals surface area (Å²) in [6.45, 7) is 5.77. The van der Waals surface area contributed by atoms with E-state index in [9.17, 15) is 4.79 Å². The van der Waals surface area contributed by atoms with Crippen molar-refractivity contribution >= 4 is 17.4 Å². The zero-order valence-electron chi connectivity index (χ0n) is 14.1. The summed E-state index contributed by atoms with van der Waals surface area (Å²) in [7, 11) is 0. The van der Waals surface area contributed by atoms with Gasteiger partial charge in [0.2, 0.25) is 0 Å². The van der Waals surface area contributed by atoms with Crippen molar-refractivity contribution in [3.63, 3.8) is 0 Å². The molecule has 3 rings (SSSR count). The van der Waals surface area contributed by atoms with Gasteiger partial charge in [0.25, 0.3) is 0 Å². The molecule has 1 saturated heterocycles. The zero-order chi connectivity index (χ0) is 17.0. The van der Waals surface area contributed by atoms with Crippen molar-refractivity contribution in [2.24, 2.45) is 0 Å². The molecule has 0 spiro atoms. The van der Waals surface area contributed by atoms with E-state index in [1.807, 2.05) is 47.5 Å². The van der Waals surface area contributed by atoms with E-state index in [2.05, 4.69) is 17.2 Å². The van der Waals surface area contributed by atoms with Gasteiger partial charge in [-0.2, -0.15) is 0 Å². The lowest BCUT2D eigenvalue weighted by molar-refractivity contribution is -0.0908. The van der Waals surface area contributed by atoms with Gasteiger partial charge < -0.3 is 15.0 Å². The van der Waals surface area contributed by atoms with Crippen molar-refractivity contribution in [2.75, 3.05) is 19.7 Å². The number of morpholine rings is 1. The van der Waals surface area contributed by atoms with Crippen LogP contribution in [0.15, 0.2) is 41.9 Å². The minimum atomic E-state index is -0.472. The van der Waals surface area contributed by atoms with Crippen LogP contribution in [0.4, 0.5) is 4.79 Å². The normalized spacial score (nSPS) is 22.2. The van der Waals surface area contributed by atoms with E-state index in [0.29, 0.717) is 19.7 Å². The second kappa shape index (κ2) is 7.32. The number of nitrogens with one attached hydrogen (secondary N) is 1. The third-order valence-electron chi connectivity index (χ3n) is 4.40. The predicted octanol–water partition coefficient (Wildman–Crippen LogP) is 3.55. The number of carbonyl (C=O) groups excluding carboxylic acids is 1. The van der Waals surface area contributed by atoms with Crippen LogP contribution in [0.1, 0.15) is 36.9 Å². The number of ether oxygens (including phenoxy) is 1. The topological polar surface area (TPSA) is 54.5 Å². The summed E-state index contributed by atoms with van der Waals surface area (Å²) in [5.74, 6) is 0. The van der Waals surface area contributed by atoms with E-state index < -0.39 is 5.60 Å². The van der Waals surface area contributed by atoms with E-state index in [1.54, 1.807) is 17.5 Å². The summed E-state index contributed by atoms with van der Waals surface area (Å²) in [5.41, 5.74) is 0.620. The molecule has 2 atom stereocenters. The van der Waals surface area contributed by atoms with Crippen molar-refractivity contribution in [3.05, 3.63) is 52.5 Å². The Hall–Kier alpha value is -1.92. The number of urea groups is 1. The number of nitrogens with zero attached hydrogens (tertiary/aromatic N) is 2. The van der Waals surface area contributed by atoms with Crippen LogP contribution in [0.5, 0.6) is 0 Å². The lowest BCUT2D eigenvalue weighted by atomic mass is 9.94. The lowest BCUT2D eigenvalue weighted by Crippen LogP contribution is -2.53. The smallest absolute Gasteiger partial charge is 0.318 e. The van der Waals surface area contributed by atoms with Crippen LogP contribution in [-0.4, -0.2) is 35.6 Å². The lowest BCUT2D eigenvalue weighted by Gasteiger charge is -2.41. The first-order chi connectivity index (χ1) is 11.6. The first-order valence-electron chi connectivity index (χ1n) is 8.26. The SMILES string of the molecule is CCC(NC(=O)N1CCOC(C)(c2ccccc2)C1)c1nccs1. The monoisotopic (exact) mass is 345 g/mol. The fourth-order valence-corrected chi connectivity index (χ4v) is 3.77. The maximum Gasteiger partial charge on any atom is 0.318 e. The molecule has 5 nitrogen and oxygen atoms in total. The summed E-state index contributed by atoms with van der Waals surface area (Å²) in [6, 6.07) is 9.99. The molecule has 1 aliphatic rings. The number of rotatable bonds is 4. The number of hydrogen-bond acceptors (Lipinski definition) is 4. The molecule has 0 saturated carbocycles. The number of benzene rings is 1.